The zero-order valence-electron chi connectivity index (χ0n) is 19.6. The molecule has 3 aromatic rings. The molecule has 1 aromatic heterocycles. The molecular formula is C27H32N4O2. The molecular weight excluding hydrogens is 412 g/mol. The molecule has 0 radical (unpaired) electrons. The lowest BCUT2D eigenvalue weighted by atomic mass is 9.94. The summed E-state index contributed by atoms with van der Waals surface area (Å²) in [4.78, 5) is 29.2. The fourth-order valence-corrected chi connectivity index (χ4v) is 4.43. The second-order valence-electron chi connectivity index (χ2n) is 9.10. The van der Waals surface area contributed by atoms with E-state index in [2.05, 4.69) is 0 Å². The minimum atomic E-state index is -0.0458. The van der Waals surface area contributed by atoms with Crippen LogP contribution in [0.1, 0.15) is 32.3 Å². The van der Waals surface area contributed by atoms with Crippen molar-refractivity contribution in [3.8, 4) is 16.9 Å². The first-order chi connectivity index (χ1) is 15.9. The van der Waals surface area contributed by atoms with Gasteiger partial charge in [0.05, 0.1) is 11.4 Å². The Balaban J connectivity index is 1.50. The highest BCUT2D eigenvalue weighted by Crippen LogP contribution is 2.26. The quantitative estimate of drug-likeness (QED) is 0.567. The molecule has 0 N–H and O–H groups in total. The van der Waals surface area contributed by atoms with Gasteiger partial charge in [0.2, 0.25) is 11.8 Å². The summed E-state index contributed by atoms with van der Waals surface area (Å²) in [5.41, 5.74) is 3.91. The van der Waals surface area contributed by atoms with E-state index in [1.54, 1.807) is 0 Å². The molecule has 4 rings (SSSR count). The third-order valence-corrected chi connectivity index (χ3v) is 6.29. The third kappa shape index (κ3) is 5.16. The van der Waals surface area contributed by atoms with Crippen molar-refractivity contribution in [3.63, 3.8) is 0 Å². The molecule has 2 amide bonds. The normalized spacial score (nSPS) is 14.5. The molecule has 0 spiro atoms. The van der Waals surface area contributed by atoms with Crippen LogP contribution < -0.4 is 0 Å². The molecule has 172 valence electrons. The van der Waals surface area contributed by atoms with Crippen LogP contribution in [0.4, 0.5) is 0 Å². The SMILES string of the molecule is CC(C)C(=O)N1CCC(C(=O)N(C)Cc2cn(-c3ccccc3)nc2-c2ccccc2)CC1. The highest BCUT2D eigenvalue weighted by molar-refractivity contribution is 5.81. The molecule has 6 nitrogen and oxygen atoms in total. The fourth-order valence-electron chi connectivity index (χ4n) is 4.43. The Kier molecular flexibility index (Phi) is 6.92. The van der Waals surface area contributed by atoms with Gasteiger partial charge in [-0.1, -0.05) is 62.4 Å². The molecule has 0 saturated carbocycles. The van der Waals surface area contributed by atoms with Crippen molar-refractivity contribution in [1.29, 1.82) is 0 Å². The Bertz CT molecular complexity index is 1080. The average Bonchev–Trinajstić information content (AvgIpc) is 3.28. The first-order valence-corrected chi connectivity index (χ1v) is 11.7. The van der Waals surface area contributed by atoms with E-state index in [4.69, 9.17) is 5.10 Å². The van der Waals surface area contributed by atoms with Crippen molar-refractivity contribution in [2.24, 2.45) is 11.8 Å². The smallest absolute Gasteiger partial charge is 0.225 e. The topological polar surface area (TPSA) is 58.4 Å². The first-order valence-electron chi connectivity index (χ1n) is 11.7. The van der Waals surface area contributed by atoms with Gasteiger partial charge < -0.3 is 9.80 Å². The predicted molar refractivity (Wildman–Crippen MR) is 130 cm³/mol. The highest BCUT2D eigenvalue weighted by Gasteiger charge is 2.30. The van der Waals surface area contributed by atoms with Gasteiger partial charge in [-0.3, -0.25) is 9.59 Å². The van der Waals surface area contributed by atoms with Crippen LogP contribution in [-0.2, 0) is 16.1 Å². The number of hydrogen-bond donors (Lipinski definition) is 0. The summed E-state index contributed by atoms with van der Waals surface area (Å²) in [5, 5.41) is 4.86. The number of nitrogens with zero attached hydrogens (tertiary/aromatic N) is 4. The van der Waals surface area contributed by atoms with E-state index in [-0.39, 0.29) is 23.7 Å². The molecule has 0 atom stereocenters. The zero-order valence-corrected chi connectivity index (χ0v) is 19.6. The lowest BCUT2D eigenvalue weighted by Crippen LogP contribution is -2.44. The molecule has 1 aliphatic rings. The lowest BCUT2D eigenvalue weighted by Gasteiger charge is -2.34. The van der Waals surface area contributed by atoms with E-state index in [0.29, 0.717) is 19.6 Å². The molecule has 2 heterocycles. The van der Waals surface area contributed by atoms with E-state index in [0.717, 1.165) is 35.3 Å². The Hall–Kier alpha value is -3.41. The van der Waals surface area contributed by atoms with Gasteiger partial charge in [0.15, 0.2) is 0 Å². The maximum Gasteiger partial charge on any atom is 0.225 e. The summed E-state index contributed by atoms with van der Waals surface area (Å²) in [6.45, 7) is 5.65. The van der Waals surface area contributed by atoms with E-state index >= 15 is 0 Å². The molecule has 1 saturated heterocycles. The highest BCUT2D eigenvalue weighted by atomic mass is 16.2. The van der Waals surface area contributed by atoms with Gasteiger partial charge in [0.1, 0.15) is 0 Å². The number of benzene rings is 2. The largest absolute Gasteiger partial charge is 0.342 e. The maximum atomic E-state index is 13.2. The second-order valence-corrected chi connectivity index (χ2v) is 9.10. The number of likely N-dealkylation sites (tertiary alicyclic amines) is 1. The number of aromatic nitrogens is 2. The van der Waals surface area contributed by atoms with Gasteiger partial charge in [-0.25, -0.2) is 4.68 Å². The van der Waals surface area contributed by atoms with Crippen LogP contribution in [0.2, 0.25) is 0 Å². The Morgan fingerprint density at radius 2 is 1.61 bits per heavy atom. The van der Waals surface area contributed by atoms with Crippen molar-refractivity contribution in [2.75, 3.05) is 20.1 Å². The zero-order chi connectivity index (χ0) is 23.4. The van der Waals surface area contributed by atoms with Gasteiger partial charge in [-0.15, -0.1) is 0 Å². The molecule has 0 unspecified atom stereocenters. The van der Waals surface area contributed by atoms with Crippen LogP contribution in [-0.4, -0.2) is 51.5 Å². The van der Waals surface area contributed by atoms with Crippen LogP contribution in [0.25, 0.3) is 16.9 Å². The molecule has 1 fully saturated rings. The van der Waals surface area contributed by atoms with E-state index in [1.807, 2.05) is 102 Å². The summed E-state index contributed by atoms with van der Waals surface area (Å²) in [7, 11) is 1.86. The van der Waals surface area contributed by atoms with E-state index in [9.17, 15) is 9.59 Å². The third-order valence-electron chi connectivity index (χ3n) is 6.29. The van der Waals surface area contributed by atoms with Crippen LogP contribution in [0.5, 0.6) is 0 Å². The lowest BCUT2D eigenvalue weighted by molar-refractivity contribution is -0.141. The Morgan fingerprint density at radius 3 is 2.21 bits per heavy atom. The molecule has 2 aromatic carbocycles. The molecule has 0 bridgehead atoms. The number of carbonyl (C=O) groups excluding carboxylic acids is 2. The predicted octanol–water partition coefficient (Wildman–Crippen LogP) is 4.39. The van der Waals surface area contributed by atoms with Gasteiger partial charge in [0.25, 0.3) is 0 Å². The van der Waals surface area contributed by atoms with Crippen molar-refractivity contribution in [1.82, 2.24) is 19.6 Å². The Labute approximate surface area is 195 Å². The summed E-state index contributed by atoms with van der Waals surface area (Å²) in [6, 6.07) is 20.1. The molecule has 0 aliphatic carbocycles. The summed E-state index contributed by atoms with van der Waals surface area (Å²) in [5.74, 6) is 0.265. The number of amides is 2. The summed E-state index contributed by atoms with van der Waals surface area (Å²) < 4.78 is 1.88. The number of para-hydroxylation sites is 1. The summed E-state index contributed by atoms with van der Waals surface area (Å²) in [6.07, 6.45) is 3.46. The van der Waals surface area contributed by atoms with Crippen molar-refractivity contribution < 1.29 is 9.59 Å². The van der Waals surface area contributed by atoms with Crippen LogP contribution in [0.3, 0.4) is 0 Å². The molecule has 1 aliphatic heterocycles. The maximum absolute atomic E-state index is 13.2. The van der Waals surface area contributed by atoms with Crippen molar-refractivity contribution >= 4 is 11.8 Å². The average molecular weight is 445 g/mol. The number of piperidine rings is 1. The van der Waals surface area contributed by atoms with Gasteiger partial charge >= 0.3 is 0 Å². The van der Waals surface area contributed by atoms with Gasteiger partial charge in [-0.2, -0.15) is 5.10 Å². The second kappa shape index (κ2) is 10.0. The Morgan fingerprint density at radius 1 is 1.00 bits per heavy atom. The first kappa shape index (κ1) is 22.8. The van der Waals surface area contributed by atoms with E-state index < -0.39 is 0 Å². The fraction of sp³-hybridized carbons (Fsp3) is 0.370. The molecule has 33 heavy (non-hydrogen) atoms. The minimum absolute atomic E-state index is 0.00233. The standard InChI is InChI=1S/C27H32N4O2/c1-20(2)26(32)30-16-14-22(15-17-30)27(33)29(3)18-23-19-31(24-12-8-5-9-13-24)28-25(23)21-10-6-4-7-11-21/h4-13,19-20,22H,14-18H2,1-3H3. The monoisotopic (exact) mass is 444 g/mol. The van der Waals surface area contributed by atoms with Crippen LogP contribution in [0, 0.1) is 11.8 Å². The van der Waals surface area contributed by atoms with E-state index in [1.165, 1.54) is 0 Å². The van der Waals surface area contributed by atoms with Crippen molar-refractivity contribution in [3.05, 3.63) is 72.4 Å². The van der Waals surface area contributed by atoms with Gasteiger partial charge in [-0.05, 0) is 25.0 Å². The van der Waals surface area contributed by atoms with Crippen molar-refractivity contribution in [2.45, 2.75) is 33.2 Å². The number of carbonyl (C=O) groups is 2. The van der Waals surface area contributed by atoms with Crippen LogP contribution in [0.15, 0.2) is 66.9 Å². The van der Waals surface area contributed by atoms with Crippen LogP contribution >= 0.6 is 0 Å². The molecule has 6 heteroatoms. The minimum Gasteiger partial charge on any atom is -0.342 e. The van der Waals surface area contributed by atoms with Gasteiger partial charge in [0, 0.05) is 55.8 Å². The summed E-state index contributed by atoms with van der Waals surface area (Å²) >= 11 is 0. The number of hydrogen-bond acceptors (Lipinski definition) is 3. The number of rotatable bonds is 6.